The van der Waals surface area contributed by atoms with Gasteiger partial charge in [-0.1, -0.05) is 39.7 Å². The highest BCUT2D eigenvalue weighted by atomic mass is 79.9. The van der Waals surface area contributed by atoms with Crippen molar-refractivity contribution in [2.75, 3.05) is 5.32 Å². The maximum atomic E-state index is 11.5. The van der Waals surface area contributed by atoms with E-state index in [9.17, 15) is 4.79 Å². The predicted octanol–water partition coefficient (Wildman–Crippen LogP) is 5.38. The number of benzene rings is 2. The maximum absolute atomic E-state index is 11.5. The van der Waals surface area contributed by atoms with Crippen LogP contribution in [-0.2, 0) is 4.79 Å². The highest BCUT2D eigenvalue weighted by Gasteiger charge is 2.17. The Hall–Kier alpha value is -2.11. The van der Waals surface area contributed by atoms with Gasteiger partial charge in [-0.2, -0.15) is 0 Å². The third-order valence-corrected chi connectivity index (χ3v) is 4.15. The van der Waals surface area contributed by atoms with Crippen LogP contribution in [0.1, 0.15) is 6.92 Å². The number of carbonyl (C=O) groups excluding carboxylic acids is 1. The Balaban J connectivity index is 2.24. The summed E-state index contributed by atoms with van der Waals surface area (Å²) in [6.45, 7) is 1.46. The smallest absolute Gasteiger partial charge is 0.221 e. The van der Waals surface area contributed by atoms with Crippen molar-refractivity contribution in [2.24, 2.45) is 0 Å². The van der Waals surface area contributed by atoms with Crippen LogP contribution in [0, 0.1) is 0 Å². The lowest BCUT2D eigenvalue weighted by Crippen LogP contribution is -2.07. The summed E-state index contributed by atoms with van der Waals surface area (Å²) < 4.78 is 6.26. The fraction of sp³-hybridized carbons (Fsp3) is 0.0588. The number of oxazole rings is 1. The molecule has 3 rings (SSSR count). The van der Waals surface area contributed by atoms with Crippen LogP contribution >= 0.6 is 27.5 Å². The molecule has 0 radical (unpaired) electrons. The van der Waals surface area contributed by atoms with Gasteiger partial charge in [-0.15, -0.1) is 0 Å². The van der Waals surface area contributed by atoms with Crippen LogP contribution in [-0.4, -0.2) is 10.9 Å². The quantitative estimate of drug-likeness (QED) is 0.652. The monoisotopic (exact) mass is 390 g/mol. The van der Waals surface area contributed by atoms with E-state index in [0.717, 1.165) is 15.6 Å². The molecule has 116 valence electrons. The molecule has 0 spiro atoms. The van der Waals surface area contributed by atoms with Crippen LogP contribution in [0.4, 0.5) is 5.69 Å². The summed E-state index contributed by atoms with van der Waals surface area (Å²) in [5.74, 6) is 0.408. The second-order valence-corrected chi connectivity index (χ2v) is 6.20. The largest absolute Gasteiger partial charge is 0.443 e. The van der Waals surface area contributed by atoms with Gasteiger partial charge in [0.2, 0.25) is 5.91 Å². The number of nitrogens with one attached hydrogen (secondary N) is 1. The van der Waals surface area contributed by atoms with E-state index in [1.807, 2.05) is 24.3 Å². The molecule has 3 aromatic rings. The summed E-state index contributed by atoms with van der Waals surface area (Å²) in [6, 6.07) is 11.3. The molecule has 1 N–H and O–H groups in total. The van der Waals surface area contributed by atoms with Crippen molar-refractivity contribution in [2.45, 2.75) is 6.92 Å². The number of halogens is 2. The molecular weight excluding hydrogens is 380 g/mol. The second kappa shape index (κ2) is 6.56. The Bertz CT molecular complexity index is 863. The standard InChI is InChI=1S/C17H12BrClN2O2/c1-10(22)21-14-6-5-13(15-8-20-9-23-15)17(19)16(14)11-3-2-4-12(18)7-11/h2-9H,1H3,(H,21,22). The number of hydrogen-bond donors (Lipinski definition) is 1. The molecule has 23 heavy (non-hydrogen) atoms. The van der Waals surface area contributed by atoms with Crippen molar-refractivity contribution in [1.29, 1.82) is 0 Å². The van der Waals surface area contributed by atoms with Crippen LogP contribution < -0.4 is 5.32 Å². The van der Waals surface area contributed by atoms with E-state index >= 15 is 0 Å². The van der Waals surface area contributed by atoms with Gasteiger partial charge in [-0.25, -0.2) is 4.98 Å². The summed E-state index contributed by atoms with van der Waals surface area (Å²) in [7, 11) is 0. The van der Waals surface area contributed by atoms with Gasteiger partial charge < -0.3 is 9.73 Å². The minimum atomic E-state index is -0.162. The molecule has 2 aromatic carbocycles. The van der Waals surface area contributed by atoms with Crippen molar-refractivity contribution in [1.82, 2.24) is 4.98 Å². The third kappa shape index (κ3) is 3.30. The summed E-state index contributed by atoms with van der Waals surface area (Å²) in [5.41, 5.74) is 2.98. The average Bonchev–Trinajstić information content (AvgIpc) is 3.01. The Morgan fingerprint density at radius 1 is 1.30 bits per heavy atom. The van der Waals surface area contributed by atoms with Gasteiger partial charge in [0.15, 0.2) is 12.2 Å². The lowest BCUT2D eigenvalue weighted by atomic mass is 9.99. The van der Waals surface area contributed by atoms with Gasteiger partial charge in [-0.05, 0) is 29.8 Å². The zero-order valence-corrected chi connectivity index (χ0v) is 14.5. The minimum Gasteiger partial charge on any atom is -0.443 e. The van der Waals surface area contributed by atoms with Crippen LogP contribution in [0.25, 0.3) is 22.5 Å². The number of hydrogen-bond acceptors (Lipinski definition) is 3. The zero-order valence-electron chi connectivity index (χ0n) is 12.1. The van der Waals surface area contributed by atoms with Crippen molar-refractivity contribution < 1.29 is 9.21 Å². The van der Waals surface area contributed by atoms with Crippen molar-refractivity contribution >= 4 is 39.1 Å². The molecule has 1 heterocycles. The molecule has 4 nitrogen and oxygen atoms in total. The van der Waals surface area contributed by atoms with Gasteiger partial charge >= 0.3 is 0 Å². The number of amides is 1. The molecule has 6 heteroatoms. The first kappa shape index (κ1) is 15.8. The molecule has 1 amide bonds. The topological polar surface area (TPSA) is 55.1 Å². The van der Waals surface area contributed by atoms with Crippen LogP contribution in [0.5, 0.6) is 0 Å². The third-order valence-electron chi connectivity index (χ3n) is 3.26. The molecule has 0 aliphatic rings. The van der Waals surface area contributed by atoms with E-state index in [2.05, 4.69) is 26.2 Å². The Labute approximate surface area is 146 Å². The first-order valence-corrected chi connectivity index (χ1v) is 7.98. The number of rotatable bonds is 3. The number of nitrogens with zero attached hydrogens (tertiary/aromatic N) is 1. The lowest BCUT2D eigenvalue weighted by Gasteiger charge is -2.15. The van der Waals surface area contributed by atoms with Gasteiger partial charge in [-0.3, -0.25) is 4.79 Å². The zero-order chi connectivity index (χ0) is 16.4. The second-order valence-electron chi connectivity index (χ2n) is 4.91. The van der Waals surface area contributed by atoms with E-state index in [4.69, 9.17) is 16.0 Å². The SMILES string of the molecule is CC(=O)Nc1ccc(-c2cnco2)c(Cl)c1-c1cccc(Br)c1. The molecule has 0 aliphatic carbocycles. The van der Waals surface area contributed by atoms with Crippen LogP contribution in [0.3, 0.4) is 0 Å². The van der Waals surface area contributed by atoms with E-state index in [1.54, 1.807) is 18.3 Å². The van der Waals surface area contributed by atoms with Gasteiger partial charge in [0, 0.05) is 22.5 Å². The first-order valence-electron chi connectivity index (χ1n) is 6.81. The van der Waals surface area contributed by atoms with E-state index < -0.39 is 0 Å². The van der Waals surface area contributed by atoms with Crippen molar-refractivity contribution in [3.8, 4) is 22.5 Å². The molecule has 1 aromatic heterocycles. The summed E-state index contributed by atoms with van der Waals surface area (Å²) in [6.07, 6.45) is 2.95. The molecule has 0 saturated heterocycles. The maximum Gasteiger partial charge on any atom is 0.221 e. The molecule has 0 saturated carbocycles. The molecule has 0 bridgehead atoms. The summed E-state index contributed by atoms with van der Waals surface area (Å²) in [5, 5.41) is 3.31. The van der Waals surface area contributed by atoms with Crippen molar-refractivity contribution in [3.63, 3.8) is 0 Å². The molecule has 0 fully saturated rings. The highest BCUT2D eigenvalue weighted by molar-refractivity contribution is 9.10. The predicted molar refractivity (Wildman–Crippen MR) is 94.4 cm³/mol. The Morgan fingerprint density at radius 2 is 2.13 bits per heavy atom. The molecule has 0 unspecified atom stereocenters. The van der Waals surface area contributed by atoms with Gasteiger partial charge in [0.25, 0.3) is 0 Å². The van der Waals surface area contributed by atoms with E-state index in [1.165, 1.54) is 13.3 Å². The van der Waals surface area contributed by atoms with Crippen molar-refractivity contribution in [3.05, 3.63) is 58.5 Å². The van der Waals surface area contributed by atoms with Gasteiger partial charge in [0.05, 0.1) is 16.9 Å². The normalized spacial score (nSPS) is 10.6. The minimum absolute atomic E-state index is 0.162. The summed E-state index contributed by atoms with van der Waals surface area (Å²) in [4.78, 5) is 15.4. The number of carbonyl (C=O) groups is 1. The fourth-order valence-corrected chi connectivity index (χ4v) is 3.10. The molecular formula is C17H12BrClN2O2. The number of anilines is 1. The highest BCUT2D eigenvalue weighted by Crippen LogP contribution is 2.41. The Kier molecular flexibility index (Phi) is 4.50. The Morgan fingerprint density at radius 3 is 2.78 bits per heavy atom. The summed E-state index contributed by atoms with van der Waals surface area (Å²) >= 11 is 10.1. The van der Waals surface area contributed by atoms with E-state index in [-0.39, 0.29) is 5.91 Å². The van der Waals surface area contributed by atoms with E-state index in [0.29, 0.717) is 22.0 Å². The number of aromatic nitrogens is 1. The molecule has 0 aliphatic heterocycles. The van der Waals surface area contributed by atoms with Gasteiger partial charge in [0.1, 0.15) is 0 Å². The lowest BCUT2D eigenvalue weighted by molar-refractivity contribution is -0.114. The fourth-order valence-electron chi connectivity index (χ4n) is 2.34. The van der Waals surface area contributed by atoms with Crippen LogP contribution in [0.2, 0.25) is 5.02 Å². The molecule has 0 atom stereocenters. The van der Waals surface area contributed by atoms with Crippen LogP contribution in [0.15, 0.2) is 57.9 Å². The average molecular weight is 392 g/mol. The first-order chi connectivity index (χ1) is 11.1.